The van der Waals surface area contributed by atoms with E-state index in [0.29, 0.717) is 6.04 Å². The summed E-state index contributed by atoms with van der Waals surface area (Å²) in [5.41, 5.74) is 1.27. The van der Waals surface area contributed by atoms with Gasteiger partial charge in [0, 0.05) is 30.6 Å². The third kappa shape index (κ3) is 4.26. The molecule has 86 valence electrons. The first kappa shape index (κ1) is 12.6. The van der Waals surface area contributed by atoms with Gasteiger partial charge in [-0.15, -0.1) is 0 Å². The fraction of sp³-hybridized carbons (Fsp3) is 0.727. The van der Waals surface area contributed by atoms with Crippen LogP contribution in [0, 0.1) is 5.92 Å². The van der Waals surface area contributed by atoms with Crippen molar-refractivity contribution >= 4 is 11.8 Å². The minimum atomic E-state index is 0.419. The van der Waals surface area contributed by atoms with E-state index >= 15 is 0 Å². The molecule has 0 fully saturated rings. The molecule has 3 nitrogen and oxygen atoms in total. The molecule has 0 saturated carbocycles. The zero-order valence-electron chi connectivity index (χ0n) is 10.0. The van der Waals surface area contributed by atoms with Crippen molar-refractivity contribution < 1.29 is 0 Å². The normalized spacial score (nSPS) is 13.4. The number of nitrogens with one attached hydrogen (secondary N) is 1. The molecule has 1 rings (SSSR count). The second-order valence-corrected chi connectivity index (χ2v) is 5.29. The number of thioether (sulfide) groups is 1. The van der Waals surface area contributed by atoms with Gasteiger partial charge in [-0.05, 0) is 18.7 Å². The molecule has 15 heavy (non-hydrogen) atoms. The number of nitrogens with zero attached hydrogens (tertiary/aromatic N) is 2. The topological polar surface area (TPSA) is 29.9 Å². The Balaban J connectivity index is 2.42. The van der Waals surface area contributed by atoms with Gasteiger partial charge in [0.05, 0.1) is 6.20 Å². The molecule has 0 bridgehead atoms. The van der Waals surface area contributed by atoms with Gasteiger partial charge in [-0.25, -0.2) is 0 Å². The summed E-state index contributed by atoms with van der Waals surface area (Å²) >= 11 is 2.00. The van der Waals surface area contributed by atoms with Crippen LogP contribution in [0.15, 0.2) is 12.4 Å². The maximum absolute atomic E-state index is 4.20. The minimum Gasteiger partial charge on any atom is -0.312 e. The lowest BCUT2D eigenvalue weighted by Gasteiger charge is -2.14. The van der Waals surface area contributed by atoms with E-state index in [0.717, 1.165) is 11.7 Å². The molecule has 1 N–H and O–H groups in total. The van der Waals surface area contributed by atoms with Gasteiger partial charge in [-0.1, -0.05) is 13.8 Å². The maximum atomic E-state index is 4.20. The first-order chi connectivity index (χ1) is 7.13. The van der Waals surface area contributed by atoms with Gasteiger partial charge < -0.3 is 5.32 Å². The first-order valence-electron chi connectivity index (χ1n) is 5.37. The van der Waals surface area contributed by atoms with Crippen molar-refractivity contribution in [2.75, 3.05) is 18.6 Å². The Morgan fingerprint density at radius 3 is 2.67 bits per heavy atom. The van der Waals surface area contributed by atoms with Crippen LogP contribution in [0.5, 0.6) is 0 Å². The second kappa shape index (κ2) is 6.18. The average molecular weight is 227 g/mol. The van der Waals surface area contributed by atoms with Crippen molar-refractivity contribution in [3.63, 3.8) is 0 Å². The molecule has 1 aromatic rings. The molecule has 0 aromatic carbocycles. The summed E-state index contributed by atoms with van der Waals surface area (Å²) in [6.07, 6.45) is 4.02. The molecule has 0 radical (unpaired) electrons. The monoisotopic (exact) mass is 227 g/mol. The summed E-state index contributed by atoms with van der Waals surface area (Å²) in [6, 6.07) is 0.419. The van der Waals surface area contributed by atoms with Crippen molar-refractivity contribution in [3.8, 4) is 0 Å². The van der Waals surface area contributed by atoms with Gasteiger partial charge in [0.1, 0.15) is 0 Å². The van der Waals surface area contributed by atoms with Crippen LogP contribution in [0.1, 0.15) is 25.5 Å². The fourth-order valence-corrected chi connectivity index (χ4v) is 2.59. The van der Waals surface area contributed by atoms with Crippen LogP contribution in [-0.4, -0.2) is 28.3 Å². The van der Waals surface area contributed by atoms with Crippen LogP contribution >= 0.6 is 11.8 Å². The van der Waals surface area contributed by atoms with Crippen molar-refractivity contribution in [1.29, 1.82) is 0 Å². The molecule has 0 saturated heterocycles. The highest BCUT2D eigenvalue weighted by atomic mass is 32.2. The van der Waals surface area contributed by atoms with Gasteiger partial charge in [0.15, 0.2) is 0 Å². The molecule has 0 aliphatic carbocycles. The summed E-state index contributed by atoms with van der Waals surface area (Å²) < 4.78 is 1.85. The number of rotatable bonds is 6. The van der Waals surface area contributed by atoms with Crippen LogP contribution in [0.25, 0.3) is 0 Å². The molecule has 4 heteroatoms. The van der Waals surface area contributed by atoms with Gasteiger partial charge >= 0.3 is 0 Å². The number of hydrogen-bond donors (Lipinski definition) is 1. The Hall–Kier alpha value is -0.480. The predicted molar refractivity (Wildman–Crippen MR) is 67.2 cm³/mol. The summed E-state index contributed by atoms with van der Waals surface area (Å²) in [4.78, 5) is 0. The largest absolute Gasteiger partial charge is 0.312 e. The Kier molecular flexibility index (Phi) is 5.19. The minimum absolute atomic E-state index is 0.419. The van der Waals surface area contributed by atoms with Crippen LogP contribution in [0.4, 0.5) is 0 Å². The molecule has 0 aliphatic heterocycles. The number of hydrogen-bond acceptors (Lipinski definition) is 3. The lowest BCUT2D eigenvalue weighted by atomic mass is 10.2. The molecular weight excluding hydrogens is 206 g/mol. The Morgan fingerprint density at radius 2 is 2.20 bits per heavy atom. The second-order valence-electron chi connectivity index (χ2n) is 4.22. The van der Waals surface area contributed by atoms with Gasteiger partial charge in [0.2, 0.25) is 0 Å². The van der Waals surface area contributed by atoms with Crippen LogP contribution in [0.2, 0.25) is 0 Å². The van der Waals surface area contributed by atoms with Crippen LogP contribution in [-0.2, 0) is 7.05 Å². The zero-order chi connectivity index (χ0) is 11.3. The van der Waals surface area contributed by atoms with E-state index in [2.05, 4.69) is 30.5 Å². The van der Waals surface area contributed by atoms with E-state index < -0.39 is 0 Å². The summed E-state index contributed by atoms with van der Waals surface area (Å²) in [6.45, 7) is 4.51. The molecule has 1 heterocycles. The van der Waals surface area contributed by atoms with Gasteiger partial charge in [-0.2, -0.15) is 16.9 Å². The Morgan fingerprint density at radius 1 is 1.47 bits per heavy atom. The molecule has 1 atom stereocenters. The smallest absolute Gasteiger partial charge is 0.0537 e. The van der Waals surface area contributed by atoms with Crippen molar-refractivity contribution in [3.05, 3.63) is 18.0 Å². The molecule has 0 spiro atoms. The highest BCUT2D eigenvalue weighted by Crippen LogP contribution is 2.18. The summed E-state index contributed by atoms with van der Waals surface area (Å²) in [5.74, 6) is 3.10. The quantitative estimate of drug-likeness (QED) is 0.807. The number of aromatic nitrogens is 2. The molecule has 0 aliphatic rings. The third-order valence-electron chi connectivity index (χ3n) is 2.21. The van der Waals surface area contributed by atoms with E-state index in [1.165, 1.54) is 11.3 Å². The third-order valence-corrected chi connectivity index (χ3v) is 3.68. The zero-order valence-corrected chi connectivity index (χ0v) is 10.8. The predicted octanol–water partition coefficient (Wildman–Crippen LogP) is 2.07. The van der Waals surface area contributed by atoms with E-state index in [-0.39, 0.29) is 0 Å². The first-order valence-corrected chi connectivity index (χ1v) is 6.52. The van der Waals surface area contributed by atoms with E-state index in [1.807, 2.05) is 36.7 Å². The lowest BCUT2D eigenvalue weighted by molar-refractivity contribution is 0.657. The SMILES string of the molecule is CNC(CSCC(C)C)c1cnn(C)c1. The number of aryl methyl sites for hydroxylation is 1. The average Bonchev–Trinajstić information content (AvgIpc) is 2.59. The molecular formula is C11H21N3S. The van der Waals surface area contributed by atoms with Crippen molar-refractivity contribution in [2.45, 2.75) is 19.9 Å². The highest BCUT2D eigenvalue weighted by molar-refractivity contribution is 7.99. The fourth-order valence-electron chi connectivity index (χ4n) is 1.39. The van der Waals surface area contributed by atoms with Crippen LogP contribution < -0.4 is 5.32 Å². The van der Waals surface area contributed by atoms with Crippen molar-refractivity contribution in [1.82, 2.24) is 15.1 Å². The van der Waals surface area contributed by atoms with E-state index in [1.54, 1.807) is 0 Å². The molecule has 0 amide bonds. The van der Waals surface area contributed by atoms with E-state index in [4.69, 9.17) is 0 Å². The standard InChI is InChI=1S/C11H21N3S/c1-9(2)7-15-8-11(12-3)10-5-13-14(4)6-10/h5-6,9,11-12H,7-8H2,1-4H3. The van der Waals surface area contributed by atoms with Crippen LogP contribution in [0.3, 0.4) is 0 Å². The molecule has 1 unspecified atom stereocenters. The summed E-state index contributed by atoms with van der Waals surface area (Å²) in [7, 11) is 3.96. The maximum Gasteiger partial charge on any atom is 0.0537 e. The Bertz CT molecular complexity index is 283. The van der Waals surface area contributed by atoms with Gasteiger partial charge in [0.25, 0.3) is 0 Å². The lowest BCUT2D eigenvalue weighted by Crippen LogP contribution is -2.18. The van der Waals surface area contributed by atoms with Crippen molar-refractivity contribution in [2.24, 2.45) is 13.0 Å². The van der Waals surface area contributed by atoms with Gasteiger partial charge in [-0.3, -0.25) is 4.68 Å². The summed E-state index contributed by atoms with van der Waals surface area (Å²) in [5, 5.41) is 7.53. The highest BCUT2D eigenvalue weighted by Gasteiger charge is 2.10. The van der Waals surface area contributed by atoms with E-state index in [9.17, 15) is 0 Å². The Labute approximate surface area is 96.6 Å². The molecule has 1 aromatic heterocycles.